The normalized spacial score (nSPS) is 18.3. The van der Waals surface area contributed by atoms with Gasteiger partial charge in [-0.05, 0) is 36.7 Å². The smallest absolute Gasteiger partial charge is 0.238 e. The second-order valence-corrected chi connectivity index (χ2v) is 7.27. The summed E-state index contributed by atoms with van der Waals surface area (Å²) in [6.45, 7) is 1.71. The Bertz CT molecular complexity index is 707. The monoisotopic (exact) mass is 364 g/mol. The van der Waals surface area contributed by atoms with Gasteiger partial charge in [0.05, 0.1) is 5.02 Å². The summed E-state index contributed by atoms with van der Waals surface area (Å²) in [5, 5.41) is 5.99. The molecule has 1 fully saturated rings. The number of rotatable bonds is 5. The topological polar surface area (TPSA) is 41.1 Å². The highest BCUT2D eigenvalue weighted by Crippen LogP contribution is 2.37. The molecular formula is C18H18ClFN2OS. The fourth-order valence-electron chi connectivity index (χ4n) is 2.64. The van der Waals surface area contributed by atoms with Gasteiger partial charge in [-0.3, -0.25) is 4.79 Å². The third-order valence-electron chi connectivity index (χ3n) is 3.89. The number of amides is 1. The Hall–Kier alpha value is -1.56. The quantitative estimate of drug-likeness (QED) is 0.793. The summed E-state index contributed by atoms with van der Waals surface area (Å²) in [7, 11) is 0. The van der Waals surface area contributed by atoms with Crippen LogP contribution in [-0.2, 0) is 4.79 Å². The van der Waals surface area contributed by atoms with E-state index in [9.17, 15) is 9.18 Å². The molecule has 1 aliphatic heterocycles. The number of thioether (sulfide) groups is 1. The molecule has 1 saturated heterocycles. The minimum atomic E-state index is -0.459. The molecule has 2 atom stereocenters. The van der Waals surface area contributed by atoms with E-state index in [0.717, 1.165) is 30.0 Å². The van der Waals surface area contributed by atoms with E-state index in [4.69, 9.17) is 11.6 Å². The van der Waals surface area contributed by atoms with Crippen LogP contribution in [0, 0.1) is 5.82 Å². The first-order valence-electron chi connectivity index (χ1n) is 7.81. The van der Waals surface area contributed by atoms with E-state index in [1.54, 1.807) is 12.1 Å². The SMILES string of the molecule is O=C(NC1CCNC1)C(Sc1ccc(F)c(Cl)c1)c1ccccc1. The summed E-state index contributed by atoms with van der Waals surface area (Å²) in [5.41, 5.74) is 0.909. The summed E-state index contributed by atoms with van der Waals surface area (Å²) in [4.78, 5) is 13.5. The van der Waals surface area contributed by atoms with Crippen LogP contribution in [-0.4, -0.2) is 25.0 Å². The molecule has 0 saturated carbocycles. The Morgan fingerprint density at radius 3 is 2.75 bits per heavy atom. The third-order valence-corrected chi connectivity index (χ3v) is 5.43. The standard InChI is InChI=1S/C18H18ClFN2OS/c19-15-10-14(6-7-16(15)20)24-17(12-4-2-1-3-5-12)18(23)22-13-8-9-21-11-13/h1-7,10,13,17,21H,8-9,11H2,(H,22,23). The Morgan fingerprint density at radius 2 is 2.08 bits per heavy atom. The number of carbonyl (C=O) groups excluding carboxylic acids is 1. The molecule has 1 aliphatic rings. The van der Waals surface area contributed by atoms with Crippen molar-refractivity contribution >= 4 is 29.3 Å². The highest BCUT2D eigenvalue weighted by molar-refractivity contribution is 8.00. The second-order valence-electron chi connectivity index (χ2n) is 5.68. The average molecular weight is 365 g/mol. The van der Waals surface area contributed by atoms with E-state index in [2.05, 4.69) is 10.6 Å². The maximum atomic E-state index is 13.4. The van der Waals surface area contributed by atoms with Gasteiger partial charge in [0, 0.05) is 17.5 Å². The van der Waals surface area contributed by atoms with Crippen LogP contribution >= 0.6 is 23.4 Å². The lowest BCUT2D eigenvalue weighted by atomic mass is 10.1. The highest BCUT2D eigenvalue weighted by atomic mass is 35.5. The minimum Gasteiger partial charge on any atom is -0.351 e. The van der Waals surface area contributed by atoms with Crippen LogP contribution in [0.15, 0.2) is 53.4 Å². The van der Waals surface area contributed by atoms with Crippen molar-refractivity contribution in [3.05, 3.63) is 64.9 Å². The van der Waals surface area contributed by atoms with Crippen molar-refractivity contribution in [1.29, 1.82) is 0 Å². The zero-order chi connectivity index (χ0) is 16.9. The first-order valence-corrected chi connectivity index (χ1v) is 9.07. The predicted octanol–water partition coefficient (Wildman–Crippen LogP) is 3.79. The third kappa shape index (κ3) is 4.29. The van der Waals surface area contributed by atoms with E-state index in [1.807, 2.05) is 30.3 Å². The molecule has 1 heterocycles. The molecule has 24 heavy (non-hydrogen) atoms. The van der Waals surface area contributed by atoms with Crippen molar-refractivity contribution in [2.75, 3.05) is 13.1 Å². The van der Waals surface area contributed by atoms with Crippen molar-refractivity contribution < 1.29 is 9.18 Å². The summed E-state index contributed by atoms with van der Waals surface area (Å²) in [5.74, 6) is -0.501. The summed E-state index contributed by atoms with van der Waals surface area (Å²) in [6, 6.07) is 14.3. The molecule has 6 heteroatoms. The van der Waals surface area contributed by atoms with E-state index >= 15 is 0 Å². The Labute approximate surface area is 150 Å². The lowest BCUT2D eigenvalue weighted by molar-refractivity contribution is -0.121. The lowest BCUT2D eigenvalue weighted by Crippen LogP contribution is -2.38. The predicted molar refractivity (Wildman–Crippen MR) is 95.9 cm³/mol. The first kappa shape index (κ1) is 17.3. The maximum Gasteiger partial charge on any atom is 0.238 e. The van der Waals surface area contributed by atoms with Gasteiger partial charge in [-0.2, -0.15) is 0 Å². The Morgan fingerprint density at radius 1 is 1.29 bits per heavy atom. The molecule has 0 spiro atoms. The minimum absolute atomic E-state index is 0.0413. The van der Waals surface area contributed by atoms with E-state index < -0.39 is 11.1 Å². The summed E-state index contributed by atoms with van der Waals surface area (Å²) in [6.07, 6.45) is 0.931. The van der Waals surface area contributed by atoms with Gasteiger partial charge in [-0.15, -0.1) is 11.8 Å². The van der Waals surface area contributed by atoms with Crippen LogP contribution in [0.3, 0.4) is 0 Å². The first-order chi connectivity index (χ1) is 11.6. The van der Waals surface area contributed by atoms with Gasteiger partial charge >= 0.3 is 0 Å². The number of benzene rings is 2. The molecule has 3 rings (SSSR count). The van der Waals surface area contributed by atoms with Crippen molar-refractivity contribution in [3.8, 4) is 0 Å². The molecule has 2 aromatic rings. The van der Waals surface area contributed by atoms with Crippen molar-refractivity contribution in [2.24, 2.45) is 0 Å². The molecule has 1 amide bonds. The maximum absolute atomic E-state index is 13.4. The molecule has 0 aromatic heterocycles. The van der Waals surface area contributed by atoms with E-state index in [0.29, 0.717) is 0 Å². The zero-order valence-corrected chi connectivity index (χ0v) is 14.5. The molecule has 2 unspecified atom stereocenters. The lowest BCUT2D eigenvalue weighted by Gasteiger charge is -2.20. The average Bonchev–Trinajstić information content (AvgIpc) is 3.09. The number of halogens is 2. The van der Waals surface area contributed by atoms with Crippen LogP contribution in [0.2, 0.25) is 5.02 Å². The number of hydrogen-bond donors (Lipinski definition) is 2. The van der Waals surface area contributed by atoms with Crippen molar-refractivity contribution in [2.45, 2.75) is 22.6 Å². The fourth-order valence-corrected chi connectivity index (χ4v) is 3.96. The zero-order valence-electron chi connectivity index (χ0n) is 13.0. The van der Waals surface area contributed by atoms with Crippen LogP contribution in [0.5, 0.6) is 0 Å². The largest absolute Gasteiger partial charge is 0.351 e. The number of hydrogen-bond acceptors (Lipinski definition) is 3. The summed E-state index contributed by atoms with van der Waals surface area (Å²) >= 11 is 7.24. The van der Waals surface area contributed by atoms with Gasteiger partial charge in [0.1, 0.15) is 11.1 Å². The van der Waals surface area contributed by atoms with Crippen molar-refractivity contribution in [3.63, 3.8) is 0 Å². The fraction of sp³-hybridized carbons (Fsp3) is 0.278. The van der Waals surface area contributed by atoms with E-state index in [1.165, 1.54) is 17.8 Å². The van der Waals surface area contributed by atoms with Crippen LogP contribution < -0.4 is 10.6 Å². The molecule has 2 N–H and O–H groups in total. The Kier molecular flexibility index (Phi) is 5.76. The number of nitrogens with one attached hydrogen (secondary N) is 2. The van der Waals surface area contributed by atoms with Gasteiger partial charge in [0.15, 0.2) is 0 Å². The van der Waals surface area contributed by atoms with Gasteiger partial charge in [0.25, 0.3) is 0 Å². The van der Waals surface area contributed by atoms with Crippen LogP contribution in [0.4, 0.5) is 4.39 Å². The van der Waals surface area contributed by atoms with Crippen molar-refractivity contribution in [1.82, 2.24) is 10.6 Å². The molecule has 126 valence electrons. The van der Waals surface area contributed by atoms with E-state index in [-0.39, 0.29) is 17.0 Å². The van der Waals surface area contributed by atoms with Crippen LogP contribution in [0.25, 0.3) is 0 Å². The van der Waals surface area contributed by atoms with Gasteiger partial charge in [-0.25, -0.2) is 4.39 Å². The molecule has 0 aliphatic carbocycles. The molecule has 0 bridgehead atoms. The molecule has 0 radical (unpaired) electrons. The van der Waals surface area contributed by atoms with Gasteiger partial charge < -0.3 is 10.6 Å². The van der Waals surface area contributed by atoms with Gasteiger partial charge in [0.2, 0.25) is 5.91 Å². The molecule has 3 nitrogen and oxygen atoms in total. The second kappa shape index (κ2) is 8.01. The van der Waals surface area contributed by atoms with Crippen LogP contribution in [0.1, 0.15) is 17.2 Å². The van der Waals surface area contributed by atoms with Gasteiger partial charge in [-0.1, -0.05) is 41.9 Å². The molecular weight excluding hydrogens is 347 g/mol. The number of carbonyl (C=O) groups is 1. The molecule has 2 aromatic carbocycles. The highest BCUT2D eigenvalue weighted by Gasteiger charge is 2.25. The summed E-state index contributed by atoms with van der Waals surface area (Å²) < 4.78 is 13.4. The Balaban J connectivity index is 1.81.